The highest BCUT2D eigenvalue weighted by Crippen LogP contribution is 2.14. The van der Waals surface area contributed by atoms with Crippen LogP contribution in [0, 0.1) is 11.3 Å². The molecule has 0 atom stereocenters. The number of hydrogen-bond acceptors (Lipinski definition) is 4. The lowest BCUT2D eigenvalue weighted by Gasteiger charge is -2.26. The van der Waals surface area contributed by atoms with Gasteiger partial charge in [-0.25, -0.2) is 4.98 Å². The van der Waals surface area contributed by atoms with Gasteiger partial charge in [0.1, 0.15) is 5.82 Å². The van der Waals surface area contributed by atoms with Crippen LogP contribution in [0.5, 0.6) is 0 Å². The van der Waals surface area contributed by atoms with Gasteiger partial charge in [-0.15, -0.1) is 0 Å². The van der Waals surface area contributed by atoms with E-state index in [4.69, 9.17) is 10.4 Å². The summed E-state index contributed by atoms with van der Waals surface area (Å²) in [6.45, 7) is 4.66. The molecular formula is C11H15N3O. The number of hydrogen-bond donors (Lipinski definition) is 1. The molecule has 0 aliphatic rings. The summed E-state index contributed by atoms with van der Waals surface area (Å²) in [6.07, 6.45) is 1.61. The third kappa shape index (κ3) is 2.93. The zero-order valence-electron chi connectivity index (χ0n) is 9.01. The Bertz CT molecular complexity index is 357. The molecule has 0 aliphatic carbocycles. The van der Waals surface area contributed by atoms with Gasteiger partial charge in [-0.1, -0.05) is 0 Å². The minimum atomic E-state index is 0.0800. The van der Waals surface area contributed by atoms with Crippen LogP contribution in [0.25, 0.3) is 0 Å². The predicted molar refractivity (Wildman–Crippen MR) is 58.5 cm³/mol. The summed E-state index contributed by atoms with van der Waals surface area (Å²) in [5, 5.41) is 17.7. The van der Waals surface area contributed by atoms with E-state index in [1.165, 1.54) is 0 Å². The van der Waals surface area contributed by atoms with Gasteiger partial charge in [-0.2, -0.15) is 5.26 Å². The van der Waals surface area contributed by atoms with Crippen LogP contribution in [-0.2, 0) is 0 Å². The summed E-state index contributed by atoms with van der Waals surface area (Å²) in [7, 11) is 0. The Hall–Kier alpha value is -1.60. The normalized spacial score (nSPS) is 10.1. The van der Waals surface area contributed by atoms with Crippen LogP contribution in [-0.4, -0.2) is 29.3 Å². The highest BCUT2D eigenvalue weighted by molar-refractivity contribution is 5.45. The van der Waals surface area contributed by atoms with E-state index in [1.54, 1.807) is 18.3 Å². The molecule has 0 saturated heterocycles. The van der Waals surface area contributed by atoms with Crippen LogP contribution in [0.1, 0.15) is 19.4 Å². The van der Waals surface area contributed by atoms with Crippen molar-refractivity contribution >= 4 is 5.82 Å². The second-order valence-corrected chi connectivity index (χ2v) is 3.53. The Morgan fingerprint density at radius 1 is 1.60 bits per heavy atom. The molecule has 1 rings (SSSR count). The molecule has 0 unspecified atom stereocenters. The molecule has 0 radical (unpaired) electrons. The van der Waals surface area contributed by atoms with Crippen molar-refractivity contribution in [1.82, 2.24) is 4.98 Å². The fourth-order valence-electron chi connectivity index (χ4n) is 1.39. The minimum absolute atomic E-state index is 0.0800. The SMILES string of the molecule is CC(C)N(CCO)c1cc(C#N)ccn1. The predicted octanol–water partition coefficient (Wildman–Crippen LogP) is 1.16. The van der Waals surface area contributed by atoms with E-state index in [1.807, 2.05) is 18.7 Å². The monoisotopic (exact) mass is 205 g/mol. The van der Waals surface area contributed by atoms with E-state index in [0.29, 0.717) is 12.1 Å². The maximum absolute atomic E-state index is 8.94. The molecule has 0 fully saturated rings. The molecule has 0 bridgehead atoms. The first-order chi connectivity index (χ1) is 7.19. The number of nitriles is 1. The van der Waals surface area contributed by atoms with Gasteiger partial charge >= 0.3 is 0 Å². The maximum atomic E-state index is 8.94. The second kappa shape index (κ2) is 5.32. The molecule has 0 spiro atoms. The van der Waals surface area contributed by atoms with Crippen molar-refractivity contribution in [1.29, 1.82) is 5.26 Å². The van der Waals surface area contributed by atoms with E-state index in [9.17, 15) is 0 Å². The molecule has 15 heavy (non-hydrogen) atoms. The van der Waals surface area contributed by atoms with E-state index in [0.717, 1.165) is 5.82 Å². The first-order valence-electron chi connectivity index (χ1n) is 4.92. The fraction of sp³-hybridized carbons (Fsp3) is 0.455. The summed E-state index contributed by atoms with van der Waals surface area (Å²) in [5.41, 5.74) is 0.587. The lowest BCUT2D eigenvalue weighted by atomic mass is 10.2. The first-order valence-corrected chi connectivity index (χ1v) is 4.92. The van der Waals surface area contributed by atoms with Crippen LogP contribution in [0.4, 0.5) is 5.82 Å². The lowest BCUT2D eigenvalue weighted by molar-refractivity contribution is 0.298. The van der Waals surface area contributed by atoms with Gasteiger partial charge in [-0.3, -0.25) is 0 Å². The quantitative estimate of drug-likeness (QED) is 0.801. The van der Waals surface area contributed by atoms with Crippen LogP contribution >= 0.6 is 0 Å². The molecule has 1 heterocycles. The smallest absolute Gasteiger partial charge is 0.130 e. The average Bonchev–Trinajstić information content (AvgIpc) is 2.25. The minimum Gasteiger partial charge on any atom is -0.395 e. The molecule has 80 valence electrons. The number of rotatable bonds is 4. The molecular weight excluding hydrogens is 190 g/mol. The molecule has 0 saturated carbocycles. The lowest BCUT2D eigenvalue weighted by Crippen LogP contribution is -2.34. The van der Waals surface area contributed by atoms with Crippen LogP contribution in [0.2, 0.25) is 0 Å². The van der Waals surface area contributed by atoms with Gasteiger partial charge < -0.3 is 10.0 Å². The summed E-state index contributed by atoms with van der Waals surface area (Å²) < 4.78 is 0. The van der Waals surface area contributed by atoms with Gasteiger partial charge in [0.25, 0.3) is 0 Å². The highest BCUT2D eigenvalue weighted by Gasteiger charge is 2.11. The first kappa shape index (κ1) is 11.5. The molecule has 0 aliphatic heterocycles. The third-order valence-electron chi connectivity index (χ3n) is 2.13. The number of nitrogens with zero attached hydrogens (tertiary/aromatic N) is 3. The fourth-order valence-corrected chi connectivity index (χ4v) is 1.39. The molecule has 0 aromatic carbocycles. The third-order valence-corrected chi connectivity index (χ3v) is 2.13. The Labute approximate surface area is 89.8 Å². The van der Waals surface area contributed by atoms with Crippen molar-refractivity contribution in [2.45, 2.75) is 19.9 Å². The summed E-state index contributed by atoms with van der Waals surface area (Å²) in [5.74, 6) is 0.734. The van der Waals surface area contributed by atoms with Gasteiger partial charge in [0.2, 0.25) is 0 Å². The largest absolute Gasteiger partial charge is 0.395 e. The van der Waals surface area contributed by atoms with Crippen LogP contribution in [0.15, 0.2) is 18.3 Å². The van der Waals surface area contributed by atoms with E-state index in [-0.39, 0.29) is 12.6 Å². The topological polar surface area (TPSA) is 60.1 Å². The Balaban J connectivity index is 2.96. The number of aliphatic hydroxyl groups excluding tert-OH is 1. The van der Waals surface area contributed by atoms with Gasteiger partial charge in [-0.05, 0) is 26.0 Å². The molecule has 1 N–H and O–H groups in total. The van der Waals surface area contributed by atoms with E-state index >= 15 is 0 Å². The van der Waals surface area contributed by atoms with Crippen molar-refractivity contribution in [3.05, 3.63) is 23.9 Å². The Morgan fingerprint density at radius 2 is 2.33 bits per heavy atom. The molecule has 4 nitrogen and oxygen atoms in total. The van der Waals surface area contributed by atoms with Crippen LogP contribution < -0.4 is 4.90 Å². The maximum Gasteiger partial charge on any atom is 0.130 e. The summed E-state index contributed by atoms with van der Waals surface area (Å²) in [6, 6.07) is 5.72. The number of aromatic nitrogens is 1. The van der Waals surface area contributed by atoms with Crippen molar-refractivity contribution in [2.24, 2.45) is 0 Å². The Morgan fingerprint density at radius 3 is 2.87 bits per heavy atom. The highest BCUT2D eigenvalue weighted by atomic mass is 16.3. The average molecular weight is 205 g/mol. The van der Waals surface area contributed by atoms with Crippen molar-refractivity contribution in [3.8, 4) is 6.07 Å². The summed E-state index contributed by atoms with van der Waals surface area (Å²) >= 11 is 0. The van der Waals surface area contributed by atoms with Gasteiger partial charge in [0.05, 0.1) is 18.2 Å². The van der Waals surface area contributed by atoms with E-state index in [2.05, 4.69) is 11.1 Å². The number of aliphatic hydroxyl groups is 1. The zero-order chi connectivity index (χ0) is 11.3. The zero-order valence-corrected chi connectivity index (χ0v) is 9.01. The van der Waals surface area contributed by atoms with Crippen molar-refractivity contribution < 1.29 is 5.11 Å². The van der Waals surface area contributed by atoms with E-state index < -0.39 is 0 Å². The number of pyridine rings is 1. The molecule has 4 heteroatoms. The second-order valence-electron chi connectivity index (χ2n) is 3.53. The van der Waals surface area contributed by atoms with Gasteiger partial charge in [0, 0.05) is 18.8 Å². The van der Waals surface area contributed by atoms with Gasteiger partial charge in [0.15, 0.2) is 0 Å². The summed E-state index contributed by atoms with van der Waals surface area (Å²) in [4.78, 5) is 6.15. The molecule has 0 amide bonds. The van der Waals surface area contributed by atoms with Crippen LogP contribution in [0.3, 0.4) is 0 Å². The Kier molecular flexibility index (Phi) is 4.07. The molecule has 1 aromatic rings. The molecule has 1 aromatic heterocycles. The van der Waals surface area contributed by atoms with Crippen molar-refractivity contribution in [3.63, 3.8) is 0 Å². The standard InChI is InChI=1S/C11H15N3O/c1-9(2)14(5-6-15)11-7-10(8-12)3-4-13-11/h3-4,7,9,15H,5-6H2,1-2H3. The van der Waals surface area contributed by atoms with Crippen molar-refractivity contribution in [2.75, 3.05) is 18.1 Å². The number of anilines is 1.